The van der Waals surface area contributed by atoms with E-state index in [1.807, 2.05) is 17.2 Å². The van der Waals surface area contributed by atoms with E-state index in [9.17, 15) is 22.6 Å². The van der Waals surface area contributed by atoms with Gasteiger partial charge in [0.15, 0.2) is 0 Å². The highest BCUT2D eigenvalue weighted by Crippen LogP contribution is 2.36. The molecule has 2 heterocycles. The fourth-order valence-corrected chi connectivity index (χ4v) is 5.71. The Morgan fingerprint density at radius 1 is 1.18 bits per heavy atom. The van der Waals surface area contributed by atoms with E-state index < -0.39 is 27.7 Å². The number of nitrogens with one attached hydrogen (secondary N) is 1. The fourth-order valence-electron chi connectivity index (χ4n) is 4.63. The van der Waals surface area contributed by atoms with Gasteiger partial charge in [-0.05, 0) is 48.7 Å². The predicted octanol–water partition coefficient (Wildman–Crippen LogP) is 5.41. The van der Waals surface area contributed by atoms with Crippen molar-refractivity contribution in [3.8, 4) is 11.1 Å². The molecular formula is C26H29F2N5O4S. The lowest BCUT2D eigenvalue weighted by Crippen LogP contribution is -2.29. The highest BCUT2D eigenvalue weighted by Gasteiger charge is 2.33. The number of halogens is 2. The fraction of sp³-hybridized carbons (Fsp3) is 0.346. The van der Waals surface area contributed by atoms with Gasteiger partial charge in [0, 0.05) is 67.3 Å². The summed E-state index contributed by atoms with van der Waals surface area (Å²) in [5, 5.41) is 16.0. The van der Waals surface area contributed by atoms with Crippen LogP contribution >= 0.6 is 0 Å². The Kier molecular flexibility index (Phi) is 7.54. The van der Waals surface area contributed by atoms with E-state index in [0.29, 0.717) is 29.0 Å². The Hall–Kier alpha value is -3.80. The maximum Gasteiger partial charge on any atom is 0.439 e. The molecule has 2 aromatic carbocycles. The molecule has 38 heavy (non-hydrogen) atoms. The van der Waals surface area contributed by atoms with Gasteiger partial charge in [-0.2, -0.15) is 5.10 Å². The molecule has 1 aliphatic rings. The number of carbonyl (C=O) groups is 2. The smallest absolute Gasteiger partial charge is 0.439 e. The van der Waals surface area contributed by atoms with E-state index in [4.69, 9.17) is 5.11 Å². The van der Waals surface area contributed by atoms with Crippen LogP contribution in [0.15, 0.2) is 58.1 Å². The van der Waals surface area contributed by atoms with E-state index in [2.05, 4.69) is 14.8 Å². The van der Waals surface area contributed by atoms with E-state index in [-0.39, 0.29) is 30.7 Å². The standard InChI is InChI=1S/C26H29F2N5O4S/c1-17-21(18-15-29-32(2)16-18)8-9-22(33-12-5-10-26(27,28)11-13-33)23(17)24(34)30-19-6-4-7-20(14-19)38(3,37)31-25(35)36/h4,6-9,14-16H,5,10-13H2,1-3H3,(H,30,34)(H,35,36). The summed E-state index contributed by atoms with van der Waals surface area (Å²) in [5.74, 6) is -3.23. The van der Waals surface area contributed by atoms with Gasteiger partial charge < -0.3 is 15.3 Å². The average molecular weight is 546 g/mol. The highest BCUT2D eigenvalue weighted by molar-refractivity contribution is 7.93. The third-order valence-electron chi connectivity index (χ3n) is 6.53. The number of rotatable bonds is 5. The molecule has 0 aliphatic carbocycles. The second kappa shape index (κ2) is 10.5. The summed E-state index contributed by atoms with van der Waals surface area (Å²) in [6.45, 7) is 2.28. The van der Waals surface area contributed by atoms with Crippen molar-refractivity contribution in [3.05, 3.63) is 59.9 Å². The molecule has 1 saturated heterocycles. The molecule has 1 fully saturated rings. The molecule has 3 aromatic rings. The van der Waals surface area contributed by atoms with Gasteiger partial charge in [0.05, 0.1) is 21.5 Å². The highest BCUT2D eigenvalue weighted by atomic mass is 32.2. The Morgan fingerprint density at radius 2 is 1.95 bits per heavy atom. The van der Waals surface area contributed by atoms with Crippen molar-refractivity contribution in [1.29, 1.82) is 0 Å². The number of aromatic nitrogens is 2. The summed E-state index contributed by atoms with van der Waals surface area (Å²) >= 11 is 0. The predicted molar refractivity (Wildman–Crippen MR) is 142 cm³/mol. The van der Waals surface area contributed by atoms with Gasteiger partial charge >= 0.3 is 6.09 Å². The first-order valence-corrected chi connectivity index (χ1v) is 13.9. The third-order valence-corrected chi connectivity index (χ3v) is 8.16. The molecule has 0 saturated carbocycles. The van der Waals surface area contributed by atoms with E-state index >= 15 is 0 Å². The lowest BCUT2D eigenvalue weighted by Gasteiger charge is -2.27. The zero-order chi connectivity index (χ0) is 27.7. The molecule has 0 spiro atoms. The first-order chi connectivity index (χ1) is 17.9. The number of hydrogen-bond acceptors (Lipinski definition) is 5. The van der Waals surface area contributed by atoms with Crippen molar-refractivity contribution in [2.45, 2.75) is 37.0 Å². The minimum Gasteiger partial charge on any atom is -0.463 e. The first-order valence-electron chi connectivity index (χ1n) is 12.0. The SMILES string of the molecule is Cc1c(-c2cnn(C)c2)ccc(N2CCCC(F)(F)CC2)c1C(=O)Nc1cccc(S(C)(=O)=NC(=O)O)c1. The topological polar surface area (TPSA) is 117 Å². The largest absolute Gasteiger partial charge is 0.463 e. The van der Waals surface area contributed by atoms with Gasteiger partial charge in [-0.1, -0.05) is 12.1 Å². The molecule has 2 amide bonds. The summed E-state index contributed by atoms with van der Waals surface area (Å²) in [4.78, 5) is 26.7. The van der Waals surface area contributed by atoms with Crippen molar-refractivity contribution in [2.75, 3.05) is 29.6 Å². The van der Waals surface area contributed by atoms with Gasteiger partial charge in [0.2, 0.25) is 5.92 Å². The van der Waals surface area contributed by atoms with Crippen molar-refractivity contribution in [1.82, 2.24) is 9.78 Å². The molecule has 2 N–H and O–H groups in total. The number of anilines is 2. The molecule has 9 nitrogen and oxygen atoms in total. The summed E-state index contributed by atoms with van der Waals surface area (Å²) in [6, 6.07) is 9.66. The Labute approximate surface area is 219 Å². The Morgan fingerprint density at radius 3 is 2.63 bits per heavy atom. The molecule has 12 heteroatoms. The van der Waals surface area contributed by atoms with Crippen LogP contribution in [0, 0.1) is 6.92 Å². The van der Waals surface area contributed by atoms with E-state index in [0.717, 1.165) is 11.1 Å². The second-order valence-corrected chi connectivity index (χ2v) is 11.6. The quantitative estimate of drug-likeness (QED) is 0.443. The summed E-state index contributed by atoms with van der Waals surface area (Å²) in [6.07, 6.45) is 2.93. The van der Waals surface area contributed by atoms with Crippen LogP contribution in [0.3, 0.4) is 0 Å². The first kappa shape index (κ1) is 27.2. The molecule has 1 unspecified atom stereocenters. The number of benzene rings is 2. The van der Waals surface area contributed by atoms with Crippen LogP contribution in [0.2, 0.25) is 0 Å². The molecule has 0 radical (unpaired) electrons. The average Bonchev–Trinajstić information content (AvgIpc) is 3.17. The second-order valence-electron chi connectivity index (χ2n) is 9.39. The zero-order valence-electron chi connectivity index (χ0n) is 21.3. The van der Waals surface area contributed by atoms with Gasteiger partial charge in [-0.3, -0.25) is 9.48 Å². The third kappa shape index (κ3) is 6.01. The van der Waals surface area contributed by atoms with Crippen LogP contribution in [-0.4, -0.2) is 56.4 Å². The van der Waals surface area contributed by atoms with Gasteiger partial charge in [0.1, 0.15) is 0 Å². The number of carbonyl (C=O) groups excluding carboxylic acids is 1. The van der Waals surface area contributed by atoms with Crippen LogP contribution in [-0.2, 0) is 16.8 Å². The Bertz CT molecular complexity index is 1510. The lowest BCUT2D eigenvalue weighted by molar-refractivity contribution is -0.0102. The van der Waals surface area contributed by atoms with Gasteiger partial charge in [-0.15, -0.1) is 4.36 Å². The molecule has 202 valence electrons. The maximum absolute atomic E-state index is 14.1. The number of nitrogens with zero attached hydrogens (tertiary/aromatic N) is 4. The van der Waals surface area contributed by atoms with Crippen LogP contribution in [0.25, 0.3) is 11.1 Å². The molecule has 4 rings (SSSR count). The molecular weight excluding hydrogens is 516 g/mol. The number of amides is 2. The number of carboxylic acid groups (broad SMARTS) is 1. The maximum atomic E-state index is 14.1. The van der Waals surface area contributed by atoms with Crippen LogP contribution < -0.4 is 10.2 Å². The summed E-state index contributed by atoms with van der Waals surface area (Å²) in [5.41, 5.74) is 3.40. The van der Waals surface area contributed by atoms with Gasteiger partial charge in [0.25, 0.3) is 5.91 Å². The summed E-state index contributed by atoms with van der Waals surface area (Å²) < 4.78 is 45.9. The minimum atomic E-state index is -3.24. The normalized spacial score (nSPS) is 16.8. The molecule has 1 aliphatic heterocycles. The zero-order valence-corrected chi connectivity index (χ0v) is 22.1. The monoisotopic (exact) mass is 545 g/mol. The van der Waals surface area contributed by atoms with Crippen molar-refractivity contribution < 1.29 is 27.7 Å². The van der Waals surface area contributed by atoms with E-state index in [1.54, 1.807) is 43.0 Å². The van der Waals surface area contributed by atoms with Crippen LogP contribution in [0.1, 0.15) is 35.2 Å². The number of hydrogen-bond donors (Lipinski definition) is 2. The Balaban J connectivity index is 1.76. The van der Waals surface area contributed by atoms with Gasteiger partial charge in [-0.25, -0.2) is 17.8 Å². The van der Waals surface area contributed by atoms with Crippen molar-refractivity contribution in [2.24, 2.45) is 11.4 Å². The van der Waals surface area contributed by atoms with Crippen molar-refractivity contribution >= 4 is 33.1 Å². The molecule has 1 aromatic heterocycles. The lowest BCUT2D eigenvalue weighted by atomic mass is 9.95. The molecule has 0 bridgehead atoms. The number of aryl methyl sites for hydroxylation is 1. The molecule has 1 atom stereocenters. The summed E-state index contributed by atoms with van der Waals surface area (Å²) in [7, 11) is -1.45. The van der Waals surface area contributed by atoms with E-state index in [1.165, 1.54) is 18.4 Å². The van der Waals surface area contributed by atoms with Crippen molar-refractivity contribution in [3.63, 3.8) is 0 Å². The number of alkyl halides is 2. The minimum absolute atomic E-state index is 0.100. The van der Waals surface area contributed by atoms with Crippen LogP contribution in [0.4, 0.5) is 25.0 Å². The van der Waals surface area contributed by atoms with Crippen LogP contribution in [0.5, 0.6) is 0 Å².